The standard InChI is InChI=1S/C27H32N6O3/c1-18-10-11-19-15-23(27(34)28-24(19)14-18)25(26-29-30-31-33(26)20-6-2-3-7-20)32(16-21-8-4-12-35-21)17-22-9-5-13-36-22/h4,8,10-12,14-15,20,22,25H,2-3,5-7,9,13,16-17H2,1H3,(H,28,34)/t22-,25+/m0/s1. The first-order valence-electron chi connectivity index (χ1n) is 12.9. The summed E-state index contributed by atoms with van der Waals surface area (Å²) in [5.41, 5.74) is 2.43. The van der Waals surface area contributed by atoms with Crippen LogP contribution in [-0.4, -0.2) is 49.3 Å². The van der Waals surface area contributed by atoms with E-state index in [4.69, 9.17) is 9.15 Å². The second-order valence-corrected chi connectivity index (χ2v) is 10.1. The molecule has 0 spiro atoms. The number of aryl methyl sites for hydroxylation is 1. The zero-order valence-electron chi connectivity index (χ0n) is 20.6. The number of H-pyrrole nitrogens is 1. The third-order valence-corrected chi connectivity index (χ3v) is 7.52. The molecule has 4 aromatic rings. The van der Waals surface area contributed by atoms with Gasteiger partial charge in [-0.1, -0.05) is 25.0 Å². The number of benzene rings is 1. The maximum atomic E-state index is 13.6. The van der Waals surface area contributed by atoms with Gasteiger partial charge in [0.05, 0.1) is 25.0 Å². The lowest BCUT2D eigenvalue weighted by molar-refractivity contribution is 0.0541. The van der Waals surface area contributed by atoms with E-state index < -0.39 is 6.04 Å². The van der Waals surface area contributed by atoms with Gasteiger partial charge in [-0.15, -0.1) is 5.10 Å². The summed E-state index contributed by atoms with van der Waals surface area (Å²) in [7, 11) is 0. The molecular formula is C27H32N6O3. The maximum Gasteiger partial charge on any atom is 0.253 e. The summed E-state index contributed by atoms with van der Waals surface area (Å²) >= 11 is 0. The van der Waals surface area contributed by atoms with Gasteiger partial charge in [-0.25, -0.2) is 4.68 Å². The van der Waals surface area contributed by atoms with Crippen LogP contribution in [0.2, 0.25) is 0 Å². The highest BCUT2D eigenvalue weighted by molar-refractivity contribution is 5.79. The highest BCUT2D eigenvalue weighted by atomic mass is 16.5. The first-order valence-corrected chi connectivity index (χ1v) is 12.9. The van der Waals surface area contributed by atoms with E-state index in [9.17, 15) is 4.79 Å². The van der Waals surface area contributed by atoms with E-state index >= 15 is 0 Å². The van der Waals surface area contributed by atoms with Crippen LogP contribution < -0.4 is 5.56 Å². The van der Waals surface area contributed by atoms with Crippen molar-refractivity contribution in [1.82, 2.24) is 30.1 Å². The molecular weight excluding hydrogens is 456 g/mol. The molecule has 1 saturated carbocycles. The van der Waals surface area contributed by atoms with Gasteiger partial charge in [0, 0.05) is 24.2 Å². The summed E-state index contributed by atoms with van der Waals surface area (Å²) in [6.45, 7) is 3.95. The molecule has 0 radical (unpaired) electrons. The Labute approximate surface area is 209 Å². The van der Waals surface area contributed by atoms with Crippen LogP contribution >= 0.6 is 0 Å². The van der Waals surface area contributed by atoms with Gasteiger partial charge < -0.3 is 14.1 Å². The molecule has 1 aliphatic carbocycles. The first-order chi connectivity index (χ1) is 17.7. The van der Waals surface area contributed by atoms with Crippen LogP contribution in [0.3, 0.4) is 0 Å². The number of tetrazole rings is 1. The van der Waals surface area contributed by atoms with Gasteiger partial charge in [0.25, 0.3) is 5.56 Å². The van der Waals surface area contributed by atoms with Crippen molar-refractivity contribution >= 4 is 10.9 Å². The van der Waals surface area contributed by atoms with Crippen LogP contribution in [0.5, 0.6) is 0 Å². The van der Waals surface area contributed by atoms with Crippen LogP contribution in [0.15, 0.2) is 51.9 Å². The van der Waals surface area contributed by atoms with E-state index in [1.54, 1.807) is 6.26 Å². The van der Waals surface area contributed by atoms with Crippen LogP contribution in [0.1, 0.15) is 73.3 Å². The molecule has 1 N–H and O–H groups in total. The summed E-state index contributed by atoms with van der Waals surface area (Å²) in [6, 6.07) is 11.8. The van der Waals surface area contributed by atoms with Gasteiger partial charge in [-0.05, 0) is 78.2 Å². The molecule has 1 aromatic carbocycles. The van der Waals surface area contributed by atoms with E-state index in [1.165, 1.54) is 0 Å². The van der Waals surface area contributed by atoms with E-state index in [2.05, 4.69) is 37.5 Å². The number of furan rings is 1. The molecule has 2 aliphatic rings. The van der Waals surface area contributed by atoms with Crippen molar-refractivity contribution in [3.63, 3.8) is 0 Å². The number of nitrogens with one attached hydrogen (secondary N) is 1. The summed E-state index contributed by atoms with van der Waals surface area (Å²) in [6.07, 6.45) is 8.21. The molecule has 9 heteroatoms. The maximum absolute atomic E-state index is 13.6. The van der Waals surface area contributed by atoms with E-state index in [1.807, 2.05) is 35.9 Å². The fourth-order valence-corrected chi connectivity index (χ4v) is 5.74. The molecule has 0 amide bonds. The Hall–Kier alpha value is -3.30. The van der Waals surface area contributed by atoms with Crippen LogP contribution in [-0.2, 0) is 11.3 Å². The summed E-state index contributed by atoms with van der Waals surface area (Å²) < 4.78 is 13.7. The first kappa shape index (κ1) is 23.1. The fraction of sp³-hybridized carbons (Fsp3) is 0.481. The highest BCUT2D eigenvalue weighted by Crippen LogP contribution is 2.35. The van der Waals surface area contributed by atoms with Crippen molar-refractivity contribution in [2.75, 3.05) is 13.2 Å². The Morgan fingerprint density at radius 1 is 1.17 bits per heavy atom. The van der Waals surface area contributed by atoms with Gasteiger partial charge in [0.1, 0.15) is 11.8 Å². The van der Waals surface area contributed by atoms with Crippen molar-refractivity contribution in [2.24, 2.45) is 0 Å². The zero-order chi connectivity index (χ0) is 24.5. The van der Waals surface area contributed by atoms with Crippen LogP contribution in [0, 0.1) is 6.92 Å². The van der Waals surface area contributed by atoms with Crippen molar-refractivity contribution < 1.29 is 9.15 Å². The van der Waals surface area contributed by atoms with E-state index in [0.29, 0.717) is 24.5 Å². The molecule has 9 nitrogen and oxygen atoms in total. The topological polar surface area (TPSA) is 102 Å². The molecule has 188 valence electrons. The van der Waals surface area contributed by atoms with Gasteiger partial charge in [0.2, 0.25) is 0 Å². The van der Waals surface area contributed by atoms with Crippen LogP contribution in [0.25, 0.3) is 10.9 Å². The van der Waals surface area contributed by atoms with E-state index in [0.717, 1.165) is 67.4 Å². The third-order valence-electron chi connectivity index (χ3n) is 7.52. The molecule has 1 saturated heterocycles. The van der Waals surface area contributed by atoms with Gasteiger partial charge >= 0.3 is 0 Å². The fourth-order valence-electron chi connectivity index (χ4n) is 5.74. The molecule has 3 aromatic heterocycles. The lowest BCUT2D eigenvalue weighted by atomic mass is 10.0. The Kier molecular flexibility index (Phi) is 6.41. The predicted molar refractivity (Wildman–Crippen MR) is 135 cm³/mol. The predicted octanol–water partition coefficient (Wildman–Crippen LogP) is 4.30. The number of aromatic nitrogens is 5. The normalized spacial score (nSPS) is 19.6. The van der Waals surface area contributed by atoms with Gasteiger partial charge in [-0.3, -0.25) is 9.69 Å². The zero-order valence-corrected chi connectivity index (χ0v) is 20.6. The lowest BCUT2D eigenvalue weighted by Gasteiger charge is -2.32. The second-order valence-electron chi connectivity index (χ2n) is 10.1. The van der Waals surface area contributed by atoms with Gasteiger partial charge in [0.15, 0.2) is 5.82 Å². The highest BCUT2D eigenvalue weighted by Gasteiger charge is 2.35. The number of hydrogen-bond donors (Lipinski definition) is 1. The van der Waals surface area contributed by atoms with Crippen molar-refractivity contribution in [3.05, 3.63) is 75.7 Å². The number of pyridine rings is 1. The molecule has 2 fully saturated rings. The lowest BCUT2D eigenvalue weighted by Crippen LogP contribution is -2.39. The second kappa shape index (κ2) is 9.99. The Morgan fingerprint density at radius 3 is 2.83 bits per heavy atom. The molecule has 6 rings (SSSR count). The third kappa shape index (κ3) is 4.60. The summed E-state index contributed by atoms with van der Waals surface area (Å²) in [4.78, 5) is 19.0. The summed E-state index contributed by atoms with van der Waals surface area (Å²) in [5, 5.41) is 14.0. The Bertz CT molecular complexity index is 1370. The Morgan fingerprint density at radius 2 is 2.06 bits per heavy atom. The van der Waals surface area contributed by atoms with Crippen molar-refractivity contribution in [1.29, 1.82) is 0 Å². The molecule has 2 atom stereocenters. The largest absolute Gasteiger partial charge is 0.468 e. The molecule has 0 bridgehead atoms. The van der Waals surface area contributed by atoms with E-state index in [-0.39, 0.29) is 17.7 Å². The number of ether oxygens (including phenoxy) is 1. The Balaban J connectivity index is 1.50. The monoisotopic (exact) mass is 488 g/mol. The van der Waals surface area contributed by atoms with Crippen LogP contribution in [0.4, 0.5) is 0 Å². The average Bonchev–Trinajstić information content (AvgIpc) is 3.68. The molecule has 4 heterocycles. The number of nitrogens with zero attached hydrogens (tertiary/aromatic N) is 5. The molecule has 36 heavy (non-hydrogen) atoms. The van der Waals surface area contributed by atoms with Gasteiger partial charge in [-0.2, -0.15) is 0 Å². The minimum Gasteiger partial charge on any atom is -0.468 e. The molecule has 0 unspecified atom stereocenters. The number of rotatable bonds is 8. The average molecular weight is 489 g/mol. The van der Waals surface area contributed by atoms with Crippen molar-refractivity contribution in [2.45, 2.75) is 70.2 Å². The van der Waals surface area contributed by atoms with Crippen molar-refractivity contribution in [3.8, 4) is 0 Å². The number of fused-ring (bicyclic) bond motifs is 1. The minimum atomic E-state index is -0.454. The number of aromatic amines is 1. The smallest absolute Gasteiger partial charge is 0.253 e. The summed E-state index contributed by atoms with van der Waals surface area (Å²) in [5.74, 6) is 1.52. The minimum absolute atomic E-state index is 0.0838. The quantitative estimate of drug-likeness (QED) is 0.394. The molecule has 1 aliphatic heterocycles. The number of hydrogen-bond acceptors (Lipinski definition) is 7. The SMILES string of the molecule is Cc1ccc2cc([C@H](c3nnnn3C3CCCC3)N(Cc3ccco3)C[C@@H]3CCCO3)c(=O)[nH]c2c1.